The van der Waals surface area contributed by atoms with E-state index in [0.29, 0.717) is 17.7 Å². The van der Waals surface area contributed by atoms with E-state index in [1.807, 2.05) is 26.0 Å². The molecule has 1 aliphatic carbocycles. The molecule has 0 spiro atoms. The number of ether oxygens (including phenoxy) is 1. The Labute approximate surface area is 127 Å². The van der Waals surface area contributed by atoms with Crippen LogP contribution in [0, 0.1) is 12.3 Å². The van der Waals surface area contributed by atoms with Crippen LogP contribution in [-0.2, 0) is 11.3 Å². The molecule has 4 nitrogen and oxygen atoms in total. The molecule has 1 aliphatic rings. The first-order chi connectivity index (χ1) is 9.86. The molecule has 2 unspecified atom stereocenters. The minimum absolute atomic E-state index is 0.164. The highest BCUT2D eigenvalue weighted by atomic mass is 16.5. The van der Waals surface area contributed by atoms with E-state index in [-0.39, 0.29) is 11.3 Å². The van der Waals surface area contributed by atoms with Gasteiger partial charge in [-0.25, -0.2) is 0 Å². The summed E-state index contributed by atoms with van der Waals surface area (Å²) < 4.78 is 5.75. The second-order valence-corrected chi connectivity index (χ2v) is 6.44. The van der Waals surface area contributed by atoms with Crippen molar-refractivity contribution >= 4 is 5.91 Å². The van der Waals surface area contributed by atoms with Crippen LogP contribution in [0.5, 0.6) is 0 Å². The lowest BCUT2D eigenvalue weighted by molar-refractivity contribution is -0.114. The zero-order valence-electron chi connectivity index (χ0n) is 13.4. The molecular formula is C17H26N2O2. The third kappa shape index (κ3) is 3.27. The van der Waals surface area contributed by atoms with Crippen molar-refractivity contribution in [2.75, 3.05) is 6.61 Å². The second-order valence-electron chi connectivity index (χ2n) is 6.44. The van der Waals surface area contributed by atoms with Crippen molar-refractivity contribution in [2.45, 2.75) is 52.8 Å². The Balaban J connectivity index is 1.94. The van der Waals surface area contributed by atoms with Crippen molar-refractivity contribution in [2.24, 2.45) is 11.1 Å². The zero-order chi connectivity index (χ0) is 15.6. The minimum atomic E-state index is -0.378. The quantitative estimate of drug-likeness (QED) is 0.845. The Morgan fingerprint density at radius 1 is 1.48 bits per heavy atom. The number of amides is 1. The fourth-order valence-corrected chi connectivity index (χ4v) is 3.00. The van der Waals surface area contributed by atoms with E-state index in [0.717, 1.165) is 25.1 Å². The Morgan fingerprint density at radius 3 is 2.71 bits per heavy atom. The lowest BCUT2D eigenvalue weighted by Gasteiger charge is -2.52. The first-order valence-corrected chi connectivity index (χ1v) is 7.60. The largest absolute Gasteiger partial charge is 0.378 e. The van der Waals surface area contributed by atoms with Gasteiger partial charge in [0.15, 0.2) is 0 Å². The molecule has 0 heterocycles. The van der Waals surface area contributed by atoms with E-state index in [2.05, 4.69) is 19.2 Å². The van der Waals surface area contributed by atoms with E-state index in [9.17, 15) is 4.79 Å². The number of carbonyl (C=O) groups is 1. The molecule has 0 saturated heterocycles. The molecule has 2 atom stereocenters. The van der Waals surface area contributed by atoms with Crippen LogP contribution >= 0.6 is 0 Å². The lowest BCUT2D eigenvalue weighted by Crippen LogP contribution is -2.60. The van der Waals surface area contributed by atoms with Gasteiger partial charge in [0, 0.05) is 30.2 Å². The van der Waals surface area contributed by atoms with Gasteiger partial charge in [0.2, 0.25) is 5.91 Å². The average molecular weight is 290 g/mol. The molecule has 116 valence electrons. The van der Waals surface area contributed by atoms with Crippen LogP contribution in [0.25, 0.3) is 0 Å². The number of rotatable bonds is 6. The summed E-state index contributed by atoms with van der Waals surface area (Å²) in [5, 5.41) is 3.61. The number of nitrogens with one attached hydrogen (secondary N) is 1. The number of benzene rings is 1. The molecule has 1 aromatic carbocycles. The summed E-state index contributed by atoms with van der Waals surface area (Å²) in [7, 11) is 0. The molecular weight excluding hydrogens is 264 g/mol. The predicted octanol–water partition coefficient (Wildman–Crippen LogP) is 2.39. The molecule has 4 heteroatoms. The molecule has 3 N–H and O–H groups in total. The molecule has 1 aromatic rings. The predicted molar refractivity (Wildman–Crippen MR) is 84.1 cm³/mol. The molecule has 0 bridgehead atoms. The SMILES string of the molecule is CCOC1CC(NCc2ccc(C(N)=O)cc2C)C1(C)C. The highest BCUT2D eigenvalue weighted by Crippen LogP contribution is 2.42. The highest BCUT2D eigenvalue weighted by molar-refractivity contribution is 5.93. The molecule has 0 aromatic heterocycles. The van der Waals surface area contributed by atoms with E-state index in [1.54, 1.807) is 6.07 Å². The molecule has 1 amide bonds. The fourth-order valence-electron chi connectivity index (χ4n) is 3.00. The molecule has 2 rings (SSSR count). The summed E-state index contributed by atoms with van der Waals surface area (Å²) in [5.41, 5.74) is 8.33. The third-order valence-corrected chi connectivity index (χ3v) is 4.71. The van der Waals surface area contributed by atoms with Gasteiger partial charge in [-0.1, -0.05) is 19.9 Å². The number of nitrogens with two attached hydrogens (primary N) is 1. The van der Waals surface area contributed by atoms with Gasteiger partial charge in [0.25, 0.3) is 0 Å². The Morgan fingerprint density at radius 2 is 2.19 bits per heavy atom. The monoisotopic (exact) mass is 290 g/mol. The van der Waals surface area contributed by atoms with Crippen molar-refractivity contribution in [3.05, 3.63) is 34.9 Å². The molecule has 21 heavy (non-hydrogen) atoms. The van der Waals surface area contributed by atoms with Crippen LogP contribution in [-0.4, -0.2) is 24.7 Å². The van der Waals surface area contributed by atoms with Crippen molar-refractivity contribution in [1.29, 1.82) is 0 Å². The molecule has 1 saturated carbocycles. The summed E-state index contributed by atoms with van der Waals surface area (Å²) in [6, 6.07) is 6.09. The van der Waals surface area contributed by atoms with Crippen LogP contribution in [0.3, 0.4) is 0 Å². The number of hydrogen-bond acceptors (Lipinski definition) is 3. The van der Waals surface area contributed by atoms with Gasteiger partial charge in [-0.2, -0.15) is 0 Å². The van der Waals surface area contributed by atoms with Gasteiger partial charge in [-0.15, -0.1) is 0 Å². The van der Waals surface area contributed by atoms with Crippen molar-refractivity contribution in [3.8, 4) is 0 Å². The Kier molecular flexibility index (Phi) is 4.69. The number of carbonyl (C=O) groups excluding carboxylic acids is 1. The third-order valence-electron chi connectivity index (χ3n) is 4.71. The number of aryl methyl sites for hydroxylation is 1. The van der Waals surface area contributed by atoms with Gasteiger partial charge < -0.3 is 15.8 Å². The first kappa shape index (κ1) is 16.0. The van der Waals surface area contributed by atoms with Gasteiger partial charge in [0.1, 0.15) is 0 Å². The zero-order valence-corrected chi connectivity index (χ0v) is 13.4. The van der Waals surface area contributed by atoms with Gasteiger partial charge in [-0.05, 0) is 43.5 Å². The Bertz CT molecular complexity index is 526. The van der Waals surface area contributed by atoms with Crippen LogP contribution in [0.1, 0.15) is 48.7 Å². The van der Waals surface area contributed by atoms with Crippen LogP contribution < -0.4 is 11.1 Å². The van der Waals surface area contributed by atoms with E-state index in [4.69, 9.17) is 10.5 Å². The minimum Gasteiger partial charge on any atom is -0.378 e. The van der Waals surface area contributed by atoms with E-state index in [1.165, 1.54) is 5.56 Å². The van der Waals surface area contributed by atoms with E-state index < -0.39 is 0 Å². The molecule has 0 aliphatic heterocycles. The van der Waals surface area contributed by atoms with Crippen molar-refractivity contribution in [1.82, 2.24) is 5.32 Å². The fraction of sp³-hybridized carbons (Fsp3) is 0.588. The maximum atomic E-state index is 11.2. The average Bonchev–Trinajstić information content (AvgIpc) is 2.43. The molecule has 0 radical (unpaired) electrons. The maximum absolute atomic E-state index is 11.2. The molecule has 1 fully saturated rings. The number of hydrogen-bond donors (Lipinski definition) is 2. The number of primary amides is 1. The first-order valence-electron chi connectivity index (χ1n) is 7.60. The normalized spacial score (nSPS) is 23.6. The summed E-state index contributed by atoms with van der Waals surface area (Å²) >= 11 is 0. The maximum Gasteiger partial charge on any atom is 0.248 e. The summed E-state index contributed by atoms with van der Waals surface area (Å²) in [4.78, 5) is 11.2. The van der Waals surface area contributed by atoms with Crippen LogP contribution in [0.15, 0.2) is 18.2 Å². The standard InChI is InChI=1S/C17H26N2O2/c1-5-21-15-9-14(17(15,3)4)19-10-13-7-6-12(16(18)20)8-11(13)2/h6-8,14-15,19H,5,9-10H2,1-4H3,(H2,18,20). The van der Waals surface area contributed by atoms with Crippen LogP contribution in [0.2, 0.25) is 0 Å². The topological polar surface area (TPSA) is 64.3 Å². The summed E-state index contributed by atoms with van der Waals surface area (Å²) in [6.07, 6.45) is 1.40. The van der Waals surface area contributed by atoms with Gasteiger partial charge >= 0.3 is 0 Å². The summed E-state index contributed by atoms with van der Waals surface area (Å²) in [5.74, 6) is -0.378. The van der Waals surface area contributed by atoms with Crippen LogP contribution in [0.4, 0.5) is 0 Å². The lowest BCUT2D eigenvalue weighted by atomic mass is 9.64. The Hall–Kier alpha value is -1.39. The van der Waals surface area contributed by atoms with Crippen molar-refractivity contribution < 1.29 is 9.53 Å². The summed E-state index contributed by atoms with van der Waals surface area (Å²) in [6.45, 7) is 10.1. The van der Waals surface area contributed by atoms with Gasteiger partial charge in [0.05, 0.1) is 6.10 Å². The second kappa shape index (κ2) is 6.16. The smallest absolute Gasteiger partial charge is 0.248 e. The van der Waals surface area contributed by atoms with Crippen molar-refractivity contribution in [3.63, 3.8) is 0 Å². The highest BCUT2D eigenvalue weighted by Gasteiger charge is 2.48. The van der Waals surface area contributed by atoms with Gasteiger partial charge in [-0.3, -0.25) is 4.79 Å². The van der Waals surface area contributed by atoms with E-state index >= 15 is 0 Å².